The topological polar surface area (TPSA) is 15.3 Å². The minimum absolute atomic E-state index is 0. The number of hydrogen-bond acceptors (Lipinski definition) is 2. The van der Waals surface area contributed by atoms with Crippen LogP contribution < -0.4 is 5.32 Å². The number of rotatable bonds is 1. The van der Waals surface area contributed by atoms with Crippen molar-refractivity contribution in [2.24, 2.45) is 0 Å². The van der Waals surface area contributed by atoms with E-state index in [1.165, 1.54) is 4.90 Å². The third-order valence-electron chi connectivity index (χ3n) is 1.61. The average Bonchev–Trinajstić information content (AvgIpc) is 1.85. The molecule has 1 fully saturated rings. The van der Waals surface area contributed by atoms with Crippen molar-refractivity contribution in [3.8, 4) is 0 Å². The second kappa shape index (κ2) is 6.70. The Bertz CT molecular complexity index is 126. The number of nitrogens with zero attached hydrogens (tertiary/aromatic N) is 1. The van der Waals surface area contributed by atoms with Crippen LogP contribution in [-0.2, 0) is 0 Å². The first-order valence-corrected chi connectivity index (χ1v) is 3.58. The number of piperazine rings is 1. The molecule has 0 aromatic heterocycles. The van der Waals surface area contributed by atoms with E-state index in [9.17, 15) is 13.2 Å². The standard InChI is InChI=1S/C6H11F3N2.2ClH/c7-6(8,9)5-11-3-1-10-2-4-11;;/h10H,1-5H2;2*1H. The lowest BCUT2D eigenvalue weighted by Crippen LogP contribution is -2.47. The number of halogens is 5. The van der Waals surface area contributed by atoms with Gasteiger partial charge in [0.05, 0.1) is 6.54 Å². The van der Waals surface area contributed by atoms with Gasteiger partial charge in [-0.1, -0.05) is 0 Å². The lowest BCUT2D eigenvalue weighted by Gasteiger charge is -2.27. The molecule has 0 atom stereocenters. The van der Waals surface area contributed by atoms with Gasteiger partial charge in [-0.3, -0.25) is 4.90 Å². The fourth-order valence-electron chi connectivity index (χ4n) is 1.12. The molecule has 0 unspecified atom stereocenters. The lowest BCUT2D eigenvalue weighted by atomic mass is 10.3. The molecule has 1 heterocycles. The average molecular weight is 241 g/mol. The predicted octanol–water partition coefficient (Wildman–Crippen LogP) is 1.30. The first-order valence-electron chi connectivity index (χ1n) is 3.58. The maximum Gasteiger partial charge on any atom is 0.401 e. The van der Waals surface area contributed by atoms with E-state index in [-0.39, 0.29) is 24.8 Å². The molecule has 2 nitrogen and oxygen atoms in total. The second-order valence-electron chi connectivity index (χ2n) is 2.64. The minimum atomic E-state index is -4.04. The van der Waals surface area contributed by atoms with Crippen LogP contribution in [-0.4, -0.2) is 43.8 Å². The second-order valence-corrected chi connectivity index (χ2v) is 2.64. The van der Waals surface area contributed by atoms with Crippen LogP contribution in [0.4, 0.5) is 13.2 Å². The van der Waals surface area contributed by atoms with Crippen LogP contribution in [0.5, 0.6) is 0 Å². The molecule has 7 heteroatoms. The highest BCUT2D eigenvalue weighted by molar-refractivity contribution is 5.85. The van der Waals surface area contributed by atoms with Crippen LogP contribution in [0, 0.1) is 0 Å². The van der Waals surface area contributed by atoms with E-state index in [0.29, 0.717) is 26.2 Å². The quantitative estimate of drug-likeness (QED) is 0.744. The molecule has 13 heavy (non-hydrogen) atoms. The molecule has 1 saturated heterocycles. The van der Waals surface area contributed by atoms with Gasteiger partial charge in [0.1, 0.15) is 0 Å². The van der Waals surface area contributed by atoms with Crippen LogP contribution in [0.25, 0.3) is 0 Å². The predicted molar refractivity (Wildman–Crippen MR) is 49.9 cm³/mol. The summed E-state index contributed by atoms with van der Waals surface area (Å²) in [6, 6.07) is 0. The molecule has 0 aromatic rings. The zero-order chi connectivity index (χ0) is 8.32. The van der Waals surface area contributed by atoms with Gasteiger partial charge in [-0.2, -0.15) is 13.2 Å². The summed E-state index contributed by atoms with van der Waals surface area (Å²) in [5, 5.41) is 2.99. The normalized spacial score (nSPS) is 18.7. The molecule has 1 rings (SSSR count). The number of alkyl halides is 3. The molecule has 1 N–H and O–H groups in total. The Morgan fingerprint density at radius 3 is 1.92 bits per heavy atom. The molecular weight excluding hydrogens is 228 g/mol. The van der Waals surface area contributed by atoms with Crippen molar-refractivity contribution in [2.75, 3.05) is 32.7 Å². The molecule has 1 aliphatic heterocycles. The Morgan fingerprint density at radius 1 is 1.08 bits per heavy atom. The largest absolute Gasteiger partial charge is 0.401 e. The molecule has 1 aliphatic rings. The van der Waals surface area contributed by atoms with E-state index in [1.807, 2.05) is 0 Å². The van der Waals surface area contributed by atoms with Crippen molar-refractivity contribution in [1.29, 1.82) is 0 Å². The van der Waals surface area contributed by atoms with Gasteiger partial charge < -0.3 is 5.32 Å². The van der Waals surface area contributed by atoms with E-state index >= 15 is 0 Å². The van der Waals surface area contributed by atoms with E-state index in [0.717, 1.165) is 0 Å². The molecule has 82 valence electrons. The summed E-state index contributed by atoms with van der Waals surface area (Å²) in [6.45, 7) is 1.56. The Balaban J connectivity index is 0. The first-order chi connectivity index (χ1) is 5.08. The van der Waals surface area contributed by atoms with E-state index in [2.05, 4.69) is 5.32 Å². The first kappa shape index (κ1) is 15.7. The van der Waals surface area contributed by atoms with Crippen LogP contribution in [0.3, 0.4) is 0 Å². The maximum absolute atomic E-state index is 11.8. The van der Waals surface area contributed by atoms with Gasteiger partial charge in [0.25, 0.3) is 0 Å². The summed E-state index contributed by atoms with van der Waals surface area (Å²) in [6.07, 6.45) is -4.04. The summed E-state index contributed by atoms with van der Waals surface area (Å²) in [5.41, 5.74) is 0. The third kappa shape index (κ3) is 7.37. The van der Waals surface area contributed by atoms with Crippen molar-refractivity contribution < 1.29 is 13.2 Å². The molecule has 0 aliphatic carbocycles. The molecule has 0 radical (unpaired) electrons. The van der Waals surface area contributed by atoms with Crippen molar-refractivity contribution >= 4 is 24.8 Å². The summed E-state index contributed by atoms with van der Waals surface area (Å²) in [7, 11) is 0. The van der Waals surface area contributed by atoms with Crippen LogP contribution >= 0.6 is 24.8 Å². The van der Waals surface area contributed by atoms with E-state index in [4.69, 9.17) is 0 Å². The molecular formula is C6H13Cl2F3N2. The molecule has 0 spiro atoms. The Hall–Kier alpha value is 0.290. The smallest absolute Gasteiger partial charge is 0.314 e. The van der Waals surface area contributed by atoms with E-state index < -0.39 is 12.7 Å². The summed E-state index contributed by atoms with van der Waals surface area (Å²) in [4.78, 5) is 1.41. The molecule has 0 saturated carbocycles. The summed E-state index contributed by atoms with van der Waals surface area (Å²) >= 11 is 0. The van der Waals surface area contributed by atoms with Crippen LogP contribution in [0.2, 0.25) is 0 Å². The van der Waals surface area contributed by atoms with Crippen molar-refractivity contribution in [3.05, 3.63) is 0 Å². The Kier molecular flexibility index (Phi) is 8.12. The minimum Gasteiger partial charge on any atom is -0.314 e. The highest BCUT2D eigenvalue weighted by atomic mass is 35.5. The Morgan fingerprint density at radius 2 is 1.54 bits per heavy atom. The Labute approximate surface area is 87.7 Å². The van der Waals surface area contributed by atoms with Crippen molar-refractivity contribution in [1.82, 2.24) is 10.2 Å². The van der Waals surface area contributed by atoms with Crippen molar-refractivity contribution in [2.45, 2.75) is 6.18 Å². The summed E-state index contributed by atoms with van der Waals surface area (Å²) in [5.74, 6) is 0. The van der Waals surface area contributed by atoms with Gasteiger partial charge in [0, 0.05) is 26.2 Å². The number of nitrogens with one attached hydrogen (secondary N) is 1. The van der Waals surface area contributed by atoms with Gasteiger partial charge in [0.15, 0.2) is 0 Å². The van der Waals surface area contributed by atoms with Gasteiger partial charge >= 0.3 is 6.18 Å². The third-order valence-corrected chi connectivity index (χ3v) is 1.61. The van der Waals surface area contributed by atoms with Gasteiger partial charge in [-0.05, 0) is 0 Å². The zero-order valence-electron chi connectivity index (χ0n) is 6.93. The number of hydrogen-bond donors (Lipinski definition) is 1. The summed E-state index contributed by atoms with van der Waals surface area (Å²) < 4.78 is 35.3. The SMILES string of the molecule is Cl.Cl.FC(F)(F)CN1CCNCC1. The maximum atomic E-state index is 11.8. The van der Waals surface area contributed by atoms with Crippen molar-refractivity contribution in [3.63, 3.8) is 0 Å². The van der Waals surface area contributed by atoms with Crippen LogP contribution in [0.1, 0.15) is 0 Å². The zero-order valence-corrected chi connectivity index (χ0v) is 8.57. The lowest BCUT2D eigenvalue weighted by molar-refractivity contribution is -0.146. The molecule has 0 bridgehead atoms. The van der Waals surface area contributed by atoms with Gasteiger partial charge in [-0.15, -0.1) is 24.8 Å². The van der Waals surface area contributed by atoms with Crippen LogP contribution in [0.15, 0.2) is 0 Å². The highest BCUT2D eigenvalue weighted by Crippen LogP contribution is 2.16. The van der Waals surface area contributed by atoms with Gasteiger partial charge in [-0.25, -0.2) is 0 Å². The molecule has 0 amide bonds. The fourth-order valence-corrected chi connectivity index (χ4v) is 1.12. The monoisotopic (exact) mass is 240 g/mol. The van der Waals surface area contributed by atoms with Gasteiger partial charge in [0.2, 0.25) is 0 Å². The molecule has 0 aromatic carbocycles. The highest BCUT2D eigenvalue weighted by Gasteiger charge is 2.30. The fraction of sp³-hybridized carbons (Fsp3) is 1.00. The van der Waals surface area contributed by atoms with E-state index in [1.54, 1.807) is 0 Å².